The van der Waals surface area contributed by atoms with E-state index in [-0.39, 0.29) is 29.3 Å². The van der Waals surface area contributed by atoms with Gasteiger partial charge in [0.15, 0.2) is 0 Å². The van der Waals surface area contributed by atoms with Gasteiger partial charge in [-0.15, -0.1) is 0 Å². The first-order chi connectivity index (χ1) is 23.7. The number of rotatable bonds is 7. The van der Waals surface area contributed by atoms with Gasteiger partial charge >= 0.3 is 23.8 Å². The number of carbonyl (C=O) groups is 2. The number of nitrogens with zero attached hydrogens (tertiary/aromatic N) is 2. The molecule has 6 rings (SSSR count). The second-order valence-electron chi connectivity index (χ2n) is 12.6. The second kappa shape index (κ2) is 12.9. The number of ether oxygens (including phenoxy) is 2. The van der Waals surface area contributed by atoms with Crippen molar-refractivity contribution >= 4 is 35.7 Å². The smallest absolute Gasteiger partial charge is 0.432 e. The Balaban J connectivity index is 1.51. The van der Waals surface area contributed by atoms with E-state index >= 15 is 0 Å². The molecular formula is C38H32ClF3N2O6. The predicted octanol–water partition coefficient (Wildman–Crippen LogP) is 5.58. The molecule has 1 heterocycles. The highest BCUT2D eigenvalue weighted by Gasteiger charge is 2.42. The SMILES string of the molecule is C=CCOC(=O)C(C)(C)OC(=O)c1cc(-n2c(=O)c(C3CCC=c4c3ccc3c4=CCc4ccccc4-3)c(C(F)(F)F)n(C)c2=O)ccc1Cl. The number of hydrogen-bond donors (Lipinski definition) is 0. The van der Waals surface area contributed by atoms with Crippen LogP contribution in [-0.4, -0.2) is 33.3 Å². The van der Waals surface area contributed by atoms with E-state index in [1.165, 1.54) is 32.1 Å². The molecule has 0 fully saturated rings. The van der Waals surface area contributed by atoms with Gasteiger partial charge in [0, 0.05) is 13.0 Å². The van der Waals surface area contributed by atoms with Gasteiger partial charge in [0.2, 0.25) is 5.60 Å². The zero-order valence-electron chi connectivity index (χ0n) is 27.4. The summed E-state index contributed by atoms with van der Waals surface area (Å²) in [4.78, 5) is 53.7. The minimum atomic E-state index is -5.05. The van der Waals surface area contributed by atoms with Gasteiger partial charge in [-0.05, 0) is 84.0 Å². The molecule has 1 atom stereocenters. The molecule has 0 amide bonds. The molecule has 2 aliphatic carbocycles. The fourth-order valence-electron chi connectivity index (χ4n) is 6.73. The van der Waals surface area contributed by atoms with Gasteiger partial charge in [0.1, 0.15) is 12.3 Å². The summed E-state index contributed by atoms with van der Waals surface area (Å²) in [5.74, 6) is -2.97. The lowest BCUT2D eigenvalue weighted by Gasteiger charge is -2.28. The first-order valence-electron chi connectivity index (χ1n) is 15.8. The van der Waals surface area contributed by atoms with Gasteiger partial charge in [0.25, 0.3) is 5.56 Å². The van der Waals surface area contributed by atoms with Gasteiger partial charge in [-0.1, -0.05) is 72.8 Å². The van der Waals surface area contributed by atoms with Gasteiger partial charge < -0.3 is 9.47 Å². The van der Waals surface area contributed by atoms with E-state index in [2.05, 4.69) is 6.58 Å². The Morgan fingerprint density at radius 1 is 1.02 bits per heavy atom. The quantitative estimate of drug-likeness (QED) is 0.184. The zero-order chi connectivity index (χ0) is 36.1. The van der Waals surface area contributed by atoms with Crippen LogP contribution in [0.4, 0.5) is 13.2 Å². The molecule has 1 aromatic heterocycles. The summed E-state index contributed by atoms with van der Waals surface area (Å²) in [6.07, 6.45) is 1.54. The molecule has 4 aromatic rings. The van der Waals surface area contributed by atoms with Crippen LogP contribution < -0.4 is 21.7 Å². The predicted molar refractivity (Wildman–Crippen MR) is 183 cm³/mol. The summed E-state index contributed by atoms with van der Waals surface area (Å²) in [5, 5.41) is 1.50. The Bertz CT molecular complexity index is 2340. The molecule has 258 valence electrons. The Morgan fingerprint density at radius 2 is 1.76 bits per heavy atom. The van der Waals surface area contributed by atoms with Crippen molar-refractivity contribution in [3.8, 4) is 16.8 Å². The third-order valence-electron chi connectivity index (χ3n) is 9.05. The van der Waals surface area contributed by atoms with E-state index in [0.717, 1.165) is 40.2 Å². The fraction of sp³-hybridized carbons (Fsp3) is 0.263. The average Bonchev–Trinajstić information content (AvgIpc) is 3.08. The van der Waals surface area contributed by atoms with E-state index in [0.29, 0.717) is 27.5 Å². The summed E-state index contributed by atoms with van der Waals surface area (Å²) in [5.41, 5.74) is -3.03. The van der Waals surface area contributed by atoms with Crippen LogP contribution >= 0.6 is 11.6 Å². The Morgan fingerprint density at radius 3 is 2.48 bits per heavy atom. The van der Waals surface area contributed by atoms with E-state index in [1.807, 2.05) is 42.5 Å². The monoisotopic (exact) mass is 704 g/mol. The largest absolute Gasteiger partial charge is 0.459 e. The molecule has 0 aliphatic heterocycles. The number of benzene rings is 3. The minimum absolute atomic E-state index is 0.128. The number of aromatic nitrogens is 2. The molecule has 1 unspecified atom stereocenters. The van der Waals surface area contributed by atoms with Crippen molar-refractivity contribution in [1.82, 2.24) is 9.13 Å². The van der Waals surface area contributed by atoms with Crippen molar-refractivity contribution in [2.45, 2.75) is 50.8 Å². The lowest BCUT2D eigenvalue weighted by atomic mass is 9.79. The first-order valence-corrected chi connectivity index (χ1v) is 16.2. The third-order valence-corrected chi connectivity index (χ3v) is 9.38. The highest BCUT2D eigenvalue weighted by atomic mass is 35.5. The maximum atomic E-state index is 14.9. The summed E-state index contributed by atoms with van der Waals surface area (Å²) < 4.78 is 55.9. The van der Waals surface area contributed by atoms with E-state index in [4.69, 9.17) is 21.1 Å². The maximum absolute atomic E-state index is 14.9. The number of halogens is 4. The molecule has 0 N–H and O–H groups in total. The van der Waals surface area contributed by atoms with E-state index in [9.17, 15) is 32.3 Å². The van der Waals surface area contributed by atoms with E-state index < -0.39 is 52.1 Å². The van der Waals surface area contributed by atoms with Crippen LogP contribution in [0.1, 0.15) is 65.3 Å². The minimum Gasteiger partial charge on any atom is -0.459 e. The molecular weight excluding hydrogens is 673 g/mol. The summed E-state index contributed by atoms with van der Waals surface area (Å²) in [6.45, 7) is 5.92. The van der Waals surface area contributed by atoms with Gasteiger partial charge in [-0.2, -0.15) is 13.2 Å². The zero-order valence-corrected chi connectivity index (χ0v) is 28.2. The van der Waals surface area contributed by atoms with Gasteiger partial charge in [0.05, 0.1) is 21.8 Å². The maximum Gasteiger partial charge on any atom is 0.432 e. The van der Waals surface area contributed by atoms with Crippen LogP contribution in [0.5, 0.6) is 0 Å². The highest BCUT2D eigenvalue weighted by Crippen LogP contribution is 2.38. The first kappa shape index (κ1) is 34.7. The van der Waals surface area contributed by atoms with Gasteiger partial charge in [-0.25, -0.2) is 19.0 Å². The van der Waals surface area contributed by atoms with Crippen molar-refractivity contribution in [1.29, 1.82) is 0 Å². The topological polar surface area (TPSA) is 96.6 Å². The lowest BCUT2D eigenvalue weighted by Crippen LogP contribution is -2.46. The van der Waals surface area contributed by atoms with Crippen LogP contribution in [-0.2, 0) is 33.9 Å². The molecule has 0 bridgehead atoms. The van der Waals surface area contributed by atoms with Crippen molar-refractivity contribution < 1.29 is 32.2 Å². The molecule has 3 aromatic carbocycles. The Kier molecular flexibility index (Phi) is 8.98. The average molecular weight is 705 g/mol. The van der Waals surface area contributed by atoms with Crippen molar-refractivity contribution in [2.75, 3.05) is 6.61 Å². The molecule has 0 saturated carbocycles. The van der Waals surface area contributed by atoms with Crippen LogP contribution in [0.2, 0.25) is 5.02 Å². The summed E-state index contributed by atoms with van der Waals surface area (Å²) >= 11 is 6.31. The van der Waals surface area contributed by atoms with Crippen LogP contribution in [0.15, 0.2) is 76.8 Å². The standard InChI is InChI=1S/C38H32ClF3N2O6/c1-5-19-49-35(47)37(2,3)50-34(46)29-20-22(14-18-30(29)39)44-33(45)31(32(38(40,41)42)43(4)36(44)48)28-12-8-11-24-26-15-13-21-9-6-7-10-23(21)25(26)16-17-27(24)28/h5-7,9-11,14-18,20,28H,1,8,12-13,19H2,2-4H3. The summed E-state index contributed by atoms with van der Waals surface area (Å²) in [6, 6.07) is 15.1. The number of esters is 2. The van der Waals surface area contributed by atoms with Crippen LogP contribution in [0.25, 0.3) is 29.0 Å². The van der Waals surface area contributed by atoms with Crippen LogP contribution in [0, 0.1) is 0 Å². The van der Waals surface area contributed by atoms with E-state index in [1.54, 1.807) is 6.07 Å². The summed E-state index contributed by atoms with van der Waals surface area (Å²) in [7, 11) is 0.959. The van der Waals surface area contributed by atoms with Gasteiger partial charge in [-0.3, -0.25) is 9.36 Å². The number of carbonyl (C=O) groups excluding carboxylic acids is 2. The number of alkyl halides is 3. The van der Waals surface area contributed by atoms with Crippen molar-refractivity contribution in [3.63, 3.8) is 0 Å². The molecule has 0 spiro atoms. The third kappa shape index (κ3) is 6.00. The fourth-order valence-corrected chi connectivity index (χ4v) is 6.92. The van der Waals surface area contributed by atoms with Crippen molar-refractivity contribution in [2.24, 2.45) is 7.05 Å². The molecule has 12 heteroatoms. The molecule has 2 aliphatic rings. The molecule has 50 heavy (non-hydrogen) atoms. The normalized spacial score (nSPS) is 15.1. The number of fused-ring (bicyclic) bond motifs is 5. The van der Waals surface area contributed by atoms with Crippen molar-refractivity contribution in [3.05, 3.63) is 131 Å². The number of hydrogen-bond acceptors (Lipinski definition) is 6. The molecule has 0 saturated heterocycles. The Labute approximate surface area is 289 Å². The molecule has 8 nitrogen and oxygen atoms in total. The highest BCUT2D eigenvalue weighted by molar-refractivity contribution is 6.33. The molecule has 0 radical (unpaired) electrons. The lowest BCUT2D eigenvalue weighted by molar-refractivity contribution is -0.161. The second-order valence-corrected chi connectivity index (χ2v) is 13.0. The van der Waals surface area contributed by atoms with Crippen LogP contribution in [0.3, 0.4) is 0 Å². The Hall–Kier alpha value is -5.16.